The molecule has 0 aliphatic rings. The Bertz CT molecular complexity index is 591. The molecule has 5 nitrogen and oxygen atoms in total. The van der Waals surface area contributed by atoms with E-state index >= 15 is 0 Å². The van der Waals surface area contributed by atoms with Gasteiger partial charge in [-0.05, 0) is 38.7 Å². The fourth-order valence-electron chi connectivity index (χ4n) is 1.90. The van der Waals surface area contributed by atoms with Crippen LogP contribution in [0.1, 0.15) is 12.5 Å². The number of aliphatic hydroxyl groups is 1. The maximum Gasteiger partial charge on any atom is 0.215 e. The Kier molecular flexibility index (Phi) is 6.12. The Morgan fingerprint density at radius 3 is 2.57 bits per heavy atom. The van der Waals surface area contributed by atoms with Gasteiger partial charge in [-0.25, -0.2) is 17.5 Å². The van der Waals surface area contributed by atoms with Gasteiger partial charge in [0.2, 0.25) is 10.0 Å². The van der Waals surface area contributed by atoms with E-state index in [9.17, 15) is 17.9 Å². The Hall–Kier alpha value is -0.730. The highest BCUT2D eigenvalue weighted by Gasteiger charge is 2.24. The third kappa shape index (κ3) is 6.71. The second-order valence-electron chi connectivity index (χ2n) is 5.56. The summed E-state index contributed by atoms with van der Waals surface area (Å²) in [6.45, 7) is 1.75. The van der Waals surface area contributed by atoms with E-state index in [0.29, 0.717) is 12.1 Å². The zero-order valence-corrected chi connectivity index (χ0v) is 13.8. The smallest absolute Gasteiger partial charge is 0.215 e. The van der Waals surface area contributed by atoms with Gasteiger partial charge in [-0.1, -0.05) is 17.7 Å². The van der Waals surface area contributed by atoms with Gasteiger partial charge in [0, 0.05) is 13.1 Å². The molecule has 0 aromatic heterocycles. The van der Waals surface area contributed by atoms with Crippen LogP contribution < -0.4 is 4.72 Å². The molecule has 0 aliphatic heterocycles. The average molecular weight is 339 g/mol. The molecule has 120 valence electrons. The van der Waals surface area contributed by atoms with Crippen LogP contribution in [0.3, 0.4) is 0 Å². The predicted octanol–water partition coefficient (Wildman–Crippen LogP) is 1.21. The standard InChI is InChI=1S/C13H20ClFN2O3S/c1-13(18,9-17(2)3)8-16-21(19,20)7-10-4-5-12(15)11(14)6-10/h4-6,16,18H,7-9H2,1-3H3. The van der Waals surface area contributed by atoms with E-state index in [-0.39, 0.29) is 17.3 Å². The first-order chi connectivity index (χ1) is 9.51. The van der Waals surface area contributed by atoms with Crippen LogP contribution in [-0.2, 0) is 15.8 Å². The molecule has 8 heteroatoms. The molecule has 0 heterocycles. The summed E-state index contributed by atoms with van der Waals surface area (Å²) < 4.78 is 39.3. The normalized spacial score (nSPS) is 15.2. The van der Waals surface area contributed by atoms with Crippen LogP contribution in [0.5, 0.6) is 0 Å². The van der Waals surface area contributed by atoms with Crippen LogP contribution in [0.2, 0.25) is 5.02 Å². The molecular weight excluding hydrogens is 319 g/mol. The largest absolute Gasteiger partial charge is 0.387 e. The summed E-state index contributed by atoms with van der Waals surface area (Å²) in [6.07, 6.45) is 0. The molecule has 2 N–H and O–H groups in total. The van der Waals surface area contributed by atoms with E-state index in [4.69, 9.17) is 11.6 Å². The van der Waals surface area contributed by atoms with E-state index in [1.165, 1.54) is 12.1 Å². The lowest BCUT2D eigenvalue weighted by Crippen LogP contribution is -2.47. The first kappa shape index (κ1) is 18.3. The molecule has 1 unspecified atom stereocenters. The fraction of sp³-hybridized carbons (Fsp3) is 0.538. The van der Waals surface area contributed by atoms with Crippen molar-refractivity contribution in [1.29, 1.82) is 0 Å². The number of sulfonamides is 1. The number of rotatable bonds is 7. The number of halogens is 2. The first-order valence-corrected chi connectivity index (χ1v) is 8.32. The average Bonchev–Trinajstić information content (AvgIpc) is 2.30. The summed E-state index contributed by atoms with van der Waals surface area (Å²) >= 11 is 5.61. The molecule has 0 radical (unpaired) electrons. The SMILES string of the molecule is CN(C)CC(C)(O)CNS(=O)(=O)Cc1ccc(F)c(Cl)c1. The number of hydrogen-bond acceptors (Lipinski definition) is 4. The lowest BCUT2D eigenvalue weighted by molar-refractivity contribution is 0.0386. The van der Waals surface area contributed by atoms with Crippen molar-refractivity contribution in [2.24, 2.45) is 0 Å². The summed E-state index contributed by atoms with van der Waals surface area (Å²) in [5.74, 6) is -0.926. The second-order valence-corrected chi connectivity index (χ2v) is 7.78. The molecule has 1 aromatic rings. The minimum absolute atomic E-state index is 0.109. The second kappa shape index (κ2) is 7.02. The first-order valence-electron chi connectivity index (χ1n) is 6.29. The van der Waals surface area contributed by atoms with Crippen LogP contribution in [0, 0.1) is 5.82 Å². The molecule has 1 atom stereocenters. The number of hydrogen-bond donors (Lipinski definition) is 2. The molecule has 0 fully saturated rings. The van der Waals surface area contributed by atoms with Crippen molar-refractivity contribution >= 4 is 21.6 Å². The Morgan fingerprint density at radius 2 is 2.05 bits per heavy atom. The number of nitrogens with one attached hydrogen (secondary N) is 1. The summed E-state index contributed by atoms with van der Waals surface area (Å²) in [6, 6.07) is 3.75. The van der Waals surface area contributed by atoms with Gasteiger partial charge in [0.1, 0.15) is 5.82 Å². The van der Waals surface area contributed by atoms with Crippen LogP contribution >= 0.6 is 11.6 Å². The van der Waals surface area contributed by atoms with Crippen molar-refractivity contribution in [3.05, 3.63) is 34.6 Å². The Morgan fingerprint density at radius 1 is 1.43 bits per heavy atom. The number of benzene rings is 1. The monoisotopic (exact) mass is 338 g/mol. The van der Waals surface area contributed by atoms with Gasteiger partial charge in [-0.15, -0.1) is 0 Å². The van der Waals surface area contributed by atoms with E-state index in [1.54, 1.807) is 25.9 Å². The molecule has 1 rings (SSSR count). The van der Waals surface area contributed by atoms with E-state index in [0.717, 1.165) is 6.07 Å². The van der Waals surface area contributed by atoms with Gasteiger partial charge in [0.05, 0.1) is 16.4 Å². The molecule has 0 amide bonds. The van der Waals surface area contributed by atoms with E-state index in [2.05, 4.69) is 4.72 Å². The van der Waals surface area contributed by atoms with Gasteiger partial charge in [0.15, 0.2) is 0 Å². The molecule has 0 saturated heterocycles. The third-order valence-electron chi connectivity index (χ3n) is 2.67. The van der Waals surface area contributed by atoms with Crippen molar-refractivity contribution in [3.8, 4) is 0 Å². The zero-order chi connectivity index (χ0) is 16.3. The summed E-state index contributed by atoms with van der Waals surface area (Å²) in [5, 5.41) is 9.93. The van der Waals surface area contributed by atoms with E-state index < -0.39 is 21.4 Å². The summed E-state index contributed by atoms with van der Waals surface area (Å²) in [7, 11) is -0.0804. The summed E-state index contributed by atoms with van der Waals surface area (Å²) in [4.78, 5) is 1.76. The van der Waals surface area contributed by atoms with Crippen molar-refractivity contribution in [2.75, 3.05) is 27.2 Å². The Balaban J connectivity index is 2.67. The summed E-state index contributed by atoms with van der Waals surface area (Å²) in [5.41, 5.74) is -0.807. The molecular formula is C13H20ClFN2O3S. The fourth-order valence-corrected chi connectivity index (χ4v) is 3.36. The highest BCUT2D eigenvalue weighted by Crippen LogP contribution is 2.17. The molecule has 21 heavy (non-hydrogen) atoms. The van der Waals surface area contributed by atoms with Crippen molar-refractivity contribution in [2.45, 2.75) is 18.3 Å². The lowest BCUT2D eigenvalue weighted by Gasteiger charge is -2.27. The predicted molar refractivity (Wildman–Crippen MR) is 81.2 cm³/mol. The minimum atomic E-state index is -3.64. The van der Waals surface area contributed by atoms with Gasteiger partial charge >= 0.3 is 0 Å². The maximum absolute atomic E-state index is 13.0. The van der Waals surface area contributed by atoms with Crippen molar-refractivity contribution < 1.29 is 17.9 Å². The molecule has 0 bridgehead atoms. The van der Waals surface area contributed by atoms with Crippen LogP contribution in [-0.4, -0.2) is 51.2 Å². The zero-order valence-electron chi connectivity index (χ0n) is 12.2. The molecule has 0 spiro atoms. The van der Waals surface area contributed by atoms with Crippen LogP contribution in [0.15, 0.2) is 18.2 Å². The van der Waals surface area contributed by atoms with Gasteiger partial charge in [-0.2, -0.15) is 0 Å². The Labute approximate surface area is 129 Å². The highest BCUT2D eigenvalue weighted by molar-refractivity contribution is 7.88. The van der Waals surface area contributed by atoms with Crippen molar-refractivity contribution in [3.63, 3.8) is 0 Å². The van der Waals surface area contributed by atoms with Crippen molar-refractivity contribution in [1.82, 2.24) is 9.62 Å². The maximum atomic E-state index is 13.0. The molecule has 0 saturated carbocycles. The number of likely N-dealkylation sites (N-methyl/N-ethyl adjacent to an activating group) is 1. The van der Waals surface area contributed by atoms with Crippen LogP contribution in [0.25, 0.3) is 0 Å². The highest BCUT2D eigenvalue weighted by atomic mass is 35.5. The van der Waals surface area contributed by atoms with E-state index in [1.807, 2.05) is 0 Å². The van der Waals surface area contributed by atoms with Gasteiger partial charge < -0.3 is 10.0 Å². The quantitative estimate of drug-likeness (QED) is 0.784. The molecule has 0 aliphatic carbocycles. The van der Waals surface area contributed by atoms with Crippen LogP contribution in [0.4, 0.5) is 4.39 Å². The number of nitrogens with zero attached hydrogens (tertiary/aromatic N) is 1. The lowest BCUT2D eigenvalue weighted by atomic mass is 10.1. The molecule has 1 aromatic carbocycles. The van der Waals surface area contributed by atoms with Gasteiger partial charge in [0.25, 0.3) is 0 Å². The minimum Gasteiger partial charge on any atom is -0.387 e. The third-order valence-corrected chi connectivity index (χ3v) is 4.26. The van der Waals surface area contributed by atoms with Gasteiger partial charge in [-0.3, -0.25) is 0 Å². The topological polar surface area (TPSA) is 69.6 Å².